The van der Waals surface area contributed by atoms with Gasteiger partial charge in [0.15, 0.2) is 11.5 Å². The number of fused-ring (bicyclic) bond motifs is 1. The molecule has 1 N–H and O–H groups in total. The van der Waals surface area contributed by atoms with Crippen LogP contribution in [0.3, 0.4) is 0 Å². The van der Waals surface area contributed by atoms with Crippen LogP contribution >= 0.6 is 0 Å². The van der Waals surface area contributed by atoms with Crippen LogP contribution in [0.5, 0.6) is 11.5 Å². The summed E-state index contributed by atoms with van der Waals surface area (Å²) in [7, 11) is 4.65. The Bertz CT molecular complexity index is 1220. The van der Waals surface area contributed by atoms with E-state index >= 15 is 0 Å². The zero-order valence-electron chi connectivity index (χ0n) is 22.0. The predicted octanol–water partition coefficient (Wildman–Crippen LogP) is 2.62. The van der Waals surface area contributed by atoms with Gasteiger partial charge in [0, 0.05) is 51.0 Å². The Balaban J connectivity index is 1.29. The van der Waals surface area contributed by atoms with Crippen LogP contribution in [0.15, 0.2) is 36.4 Å². The highest BCUT2D eigenvalue weighted by Gasteiger charge is 2.35. The number of piperidine rings is 1. The maximum atomic E-state index is 13.0. The van der Waals surface area contributed by atoms with Crippen LogP contribution in [0.1, 0.15) is 60.7 Å². The van der Waals surface area contributed by atoms with Gasteiger partial charge in [0.2, 0.25) is 0 Å². The van der Waals surface area contributed by atoms with Gasteiger partial charge in [-0.2, -0.15) is 0 Å². The van der Waals surface area contributed by atoms with E-state index in [0.29, 0.717) is 60.9 Å². The Kier molecular flexibility index (Phi) is 8.62. The summed E-state index contributed by atoms with van der Waals surface area (Å²) in [6.45, 7) is 2.35. The number of methoxy groups -OCH3 is 3. The van der Waals surface area contributed by atoms with Gasteiger partial charge in [0.1, 0.15) is 0 Å². The summed E-state index contributed by atoms with van der Waals surface area (Å²) in [5.74, 6) is 0.202. The van der Waals surface area contributed by atoms with Gasteiger partial charge in [-0.15, -0.1) is 0 Å². The van der Waals surface area contributed by atoms with Crippen molar-refractivity contribution in [3.8, 4) is 11.5 Å². The lowest BCUT2D eigenvalue weighted by Gasteiger charge is -2.32. The highest BCUT2D eigenvalue weighted by atomic mass is 16.5. The molecule has 4 rings (SSSR count). The first-order valence-electron chi connectivity index (χ1n) is 12.7. The Morgan fingerprint density at radius 1 is 0.895 bits per heavy atom. The molecule has 0 aliphatic carbocycles. The smallest absolute Gasteiger partial charge is 0.261 e. The van der Waals surface area contributed by atoms with E-state index in [4.69, 9.17) is 14.2 Å². The Labute approximate surface area is 221 Å². The fraction of sp³-hybridized carbons (Fsp3) is 0.429. The first-order chi connectivity index (χ1) is 18.4. The molecule has 202 valence electrons. The Morgan fingerprint density at radius 3 is 2.26 bits per heavy atom. The molecule has 1 saturated heterocycles. The molecule has 0 atom stereocenters. The maximum Gasteiger partial charge on any atom is 0.261 e. The topological polar surface area (TPSA) is 114 Å². The van der Waals surface area contributed by atoms with Gasteiger partial charge < -0.3 is 24.4 Å². The summed E-state index contributed by atoms with van der Waals surface area (Å²) in [5.41, 5.74) is 1.44. The zero-order chi connectivity index (χ0) is 27.2. The van der Waals surface area contributed by atoms with E-state index in [0.717, 1.165) is 12.8 Å². The second-order valence-electron chi connectivity index (χ2n) is 9.38. The molecular weight excluding hydrogens is 490 g/mol. The van der Waals surface area contributed by atoms with Crippen LogP contribution in [0, 0.1) is 5.92 Å². The van der Waals surface area contributed by atoms with Crippen molar-refractivity contribution in [1.29, 1.82) is 0 Å². The second-order valence-corrected chi connectivity index (χ2v) is 9.38. The third-order valence-corrected chi connectivity index (χ3v) is 7.05. The van der Waals surface area contributed by atoms with Gasteiger partial charge in [-0.3, -0.25) is 24.1 Å². The van der Waals surface area contributed by atoms with Gasteiger partial charge in [-0.1, -0.05) is 0 Å². The molecule has 0 spiro atoms. The van der Waals surface area contributed by atoms with Gasteiger partial charge in [-0.25, -0.2) is 0 Å². The van der Waals surface area contributed by atoms with Crippen LogP contribution in [-0.2, 0) is 4.74 Å². The second kappa shape index (κ2) is 12.1. The third-order valence-electron chi connectivity index (χ3n) is 7.05. The molecule has 0 aromatic heterocycles. The number of nitrogens with one attached hydrogen (secondary N) is 1. The summed E-state index contributed by atoms with van der Waals surface area (Å²) in [5, 5.41) is 2.94. The standard InChI is InChI=1S/C28H33N3O7/c1-36-14-4-11-31-27(34)21-7-5-19(15-22(21)28(31)35)25(32)29-17-18-9-12-30(13-10-18)26(33)20-6-8-23(37-2)24(16-20)38-3/h5-8,15-16,18H,4,9-14,17H2,1-3H3,(H,29,32). The predicted molar refractivity (Wildman–Crippen MR) is 139 cm³/mol. The van der Waals surface area contributed by atoms with Gasteiger partial charge in [0.25, 0.3) is 23.6 Å². The average Bonchev–Trinajstić information content (AvgIpc) is 3.19. The first-order valence-corrected chi connectivity index (χ1v) is 12.7. The van der Waals surface area contributed by atoms with Gasteiger partial charge >= 0.3 is 0 Å². The van der Waals surface area contributed by atoms with Crippen LogP contribution in [0.2, 0.25) is 0 Å². The van der Waals surface area contributed by atoms with Crippen molar-refractivity contribution in [3.63, 3.8) is 0 Å². The van der Waals surface area contributed by atoms with Crippen molar-refractivity contribution in [2.75, 3.05) is 54.1 Å². The van der Waals surface area contributed by atoms with Crippen molar-refractivity contribution < 1.29 is 33.4 Å². The number of imide groups is 1. The number of carbonyl (C=O) groups excluding carboxylic acids is 4. The number of benzene rings is 2. The number of rotatable bonds is 10. The minimum atomic E-state index is -0.387. The van der Waals surface area contributed by atoms with Crippen LogP contribution in [-0.4, -0.2) is 87.5 Å². The minimum absolute atomic E-state index is 0.0675. The fourth-order valence-corrected chi connectivity index (χ4v) is 4.83. The molecule has 4 amide bonds. The van der Waals surface area contributed by atoms with Crippen molar-refractivity contribution in [2.24, 2.45) is 5.92 Å². The molecule has 0 unspecified atom stereocenters. The SMILES string of the molecule is COCCCN1C(=O)c2ccc(C(=O)NCC3CCN(C(=O)c4ccc(OC)c(OC)c4)CC3)cc2C1=O. The number of ether oxygens (including phenoxy) is 3. The van der Waals surface area contributed by atoms with Gasteiger partial charge in [0.05, 0.1) is 25.3 Å². The highest BCUT2D eigenvalue weighted by molar-refractivity contribution is 6.22. The number of hydrogen-bond acceptors (Lipinski definition) is 7. The molecular formula is C28H33N3O7. The van der Waals surface area contributed by atoms with E-state index in [-0.39, 0.29) is 41.7 Å². The number of nitrogens with zero attached hydrogens (tertiary/aromatic N) is 2. The lowest BCUT2D eigenvalue weighted by atomic mass is 9.96. The molecule has 2 aromatic carbocycles. The molecule has 1 fully saturated rings. The molecule has 38 heavy (non-hydrogen) atoms. The molecule has 2 aromatic rings. The van der Waals surface area contributed by atoms with Crippen LogP contribution in [0.25, 0.3) is 0 Å². The molecule has 2 aliphatic heterocycles. The maximum absolute atomic E-state index is 13.0. The van der Waals surface area contributed by atoms with Crippen molar-refractivity contribution in [1.82, 2.24) is 15.1 Å². The average molecular weight is 524 g/mol. The van der Waals surface area contributed by atoms with Crippen LogP contribution in [0.4, 0.5) is 0 Å². The van der Waals surface area contributed by atoms with Crippen LogP contribution < -0.4 is 14.8 Å². The van der Waals surface area contributed by atoms with E-state index in [1.54, 1.807) is 49.5 Å². The van der Waals surface area contributed by atoms with E-state index in [1.807, 2.05) is 0 Å². The van der Waals surface area contributed by atoms with Crippen molar-refractivity contribution in [2.45, 2.75) is 19.3 Å². The minimum Gasteiger partial charge on any atom is -0.493 e. The molecule has 0 radical (unpaired) electrons. The van der Waals surface area contributed by atoms with E-state index in [1.165, 1.54) is 18.1 Å². The summed E-state index contributed by atoms with van der Waals surface area (Å²) >= 11 is 0. The monoisotopic (exact) mass is 523 g/mol. The highest BCUT2D eigenvalue weighted by Crippen LogP contribution is 2.29. The molecule has 2 aliphatic rings. The summed E-state index contributed by atoms with van der Waals surface area (Å²) in [6, 6.07) is 9.73. The molecule has 0 bridgehead atoms. The van der Waals surface area contributed by atoms with E-state index in [9.17, 15) is 19.2 Å². The first kappa shape index (κ1) is 27.1. The molecule has 10 nitrogen and oxygen atoms in total. The zero-order valence-corrected chi connectivity index (χ0v) is 22.0. The molecule has 10 heteroatoms. The van der Waals surface area contributed by atoms with E-state index < -0.39 is 0 Å². The lowest BCUT2D eigenvalue weighted by Crippen LogP contribution is -2.41. The summed E-state index contributed by atoms with van der Waals surface area (Å²) < 4.78 is 15.5. The number of amides is 4. The largest absolute Gasteiger partial charge is 0.493 e. The van der Waals surface area contributed by atoms with Crippen molar-refractivity contribution in [3.05, 3.63) is 58.7 Å². The Hall–Kier alpha value is -3.92. The lowest BCUT2D eigenvalue weighted by molar-refractivity contribution is 0.0636. The molecule has 0 saturated carbocycles. The normalized spacial score (nSPS) is 15.4. The molecule has 2 heterocycles. The number of hydrogen-bond donors (Lipinski definition) is 1. The fourth-order valence-electron chi connectivity index (χ4n) is 4.83. The summed E-state index contributed by atoms with van der Waals surface area (Å²) in [4.78, 5) is 54.1. The third kappa shape index (κ3) is 5.65. The Morgan fingerprint density at radius 2 is 1.58 bits per heavy atom. The van der Waals surface area contributed by atoms with Gasteiger partial charge in [-0.05, 0) is 61.6 Å². The number of carbonyl (C=O) groups is 4. The van der Waals surface area contributed by atoms with Crippen molar-refractivity contribution >= 4 is 23.6 Å². The summed E-state index contributed by atoms with van der Waals surface area (Å²) in [6.07, 6.45) is 2.06. The van der Waals surface area contributed by atoms with E-state index in [2.05, 4.69) is 5.32 Å². The number of likely N-dealkylation sites (tertiary alicyclic amines) is 1. The quantitative estimate of drug-likeness (QED) is 0.376.